The number of unbranched alkanes of at least 4 members (excludes halogenated alkanes) is 1. The number of nitrogens with zero attached hydrogens (tertiary/aromatic N) is 8. The lowest BCUT2D eigenvalue weighted by atomic mass is 9.95. The first-order chi connectivity index (χ1) is 23.1. The highest BCUT2D eigenvalue weighted by Gasteiger charge is 2.38. The van der Waals surface area contributed by atoms with Gasteiger partial charge in [0.25, 0.3) is 11.8 Å². The zero-order valence-electron chi connectivity index (χ0n) is 28.0. The number of nitrogens with one attached hydrogen (secondary N) is 1. The maximum Gasteiger partial charge on any atom is 0.270 e. The zero-order valence-corrected chi connectivity index (χ0v) is 28.0. The van der Waals surface area contributed by atoms with Crippen molar-refractivity contribution in [3.63, 3.8) is 0 Å². The molecule has 4 aromatic rings. The Hall–Kier alpha value is -4.80. The molecule has 0 unspecified atom stereocenters. The van der Waals surface area contributed by atoms with Gasteiger partial charge in [0.15, 0.2) is 5.82 Å². The third-order valence-electron chi connectivity index (χ3n) is 8.25. The van der Waals surface area contributed by atoms with Gasteiger partial charge in [0.05, 0.1) is 25.3 Å². The van der Waals surface area contributed by atoms with Crippen LogP contribution in [0.25, 0.3) is 22.5 Å². The van der Waals surface area contributed by atoms with E-state index in [-0.39, 0.29) is 25.2 Å². The quantitative estimate of drug-likeness (QED) is 0.192. The molecule has 1 saturated heterocycles. The number of morpholine rings is 1. The zero-order chi connectivity index (χ0) is 34.4. The van der Waals surface area contributed by atoms with E-state index in [0.29, 0.717) is 79.8 Å². The molecule has 0 radical (unpaired) electrons. The summed E-state index contributed by atoms with van der Waals surface area (Å²) in [5.41, 5.74) is 3.26. The van der Waals surface area contributed by atoms with Crippen LogP contribution in [0.4, 0.5) is 20.4 Å². The van der Waals surface area contributed by atoms with Crippen molar-refractivity contribution in [3.8, 4) is 28.6 Å². The lowest BCUT2D eigenvalue weighted by molar-refractivity contribution is -0.0213. The normalized spacial score (nSPS) is 16.2. The summed E-state index contributed by atoms with van der Waals surface area (Å²) in [6, 6.07) is 10.8. The van der Waals surface area contributed by atoms with Gasteiger partial charge in [-0.15, -0.1) is 10.2 Å². The fraction of sp³-hybridized carbons (Fsp3) is 0.429. The Morgan fingerprint density at radius 2 is 2.00 bits per heavy atom. The van der Waals surface area contributed by atoms with Crippen molar-refractivity contribution in [3.05, 3.63) is 71.3 Å². The van der Waals surface area contributed by atoms with Gasteiger partial charge in [-0.1, -0.05) is 13.8 Å². The number of aryl methyl sites for hydroxylation is 1. The number of nitriles is 1. The van der Waals surface area contributed by atoms with Gasteiger partial charge in [0.1, 0.15) is 18.0 Å². The SMILES string of the molecule is CC.C[C@@H]1CN(Cc2cc3c(c(C(C)(F)F)c2)CN(c2cc(-c4cnccc4-c4nncn4C)cc(NCCCC#N)n2)C3=O)CCO1.[HH]. The Kier molecular flexibility index (Phi) is 10.8. The summed E-state index contributed by atoms with van der Waals surface area (Å²) in [5, 5.41) is 20.5. The van der Waals surface area contributed by atoms with Crippen LogP contribution in [0.5, 0.6) is 0 Å². The second-order valence-electron chi connectivity index (χ2n) is 11.8. The molecule has 0 aliphatic carbocycles. The van der Waals surface area contributed by atoms with Crippen LogP contribution in [-0.2, 0) is 30.8 Å². The van der Waals surface area contributed by atoms with Gasteiger partial charge in [-0.25, -0.2) is 13.8 Å². The van der Waals surface area contributed by atoms with E-state index in [0.717, 1.165) is 18.1 Å². The molecule has 11 nitrogen and oxygen atoms in total. The van der Waals surface area contributed by atoms with E-state index >= 15 is 8.78 Å². The molecular formula is C35H43F2N9O2. The average molecular weight is 660 g/mol. The number of amides is 1. The van der Waals surface area contributed by atoms with Gasteiger partial charge < -0.3 is 14.6 Å². The van der Waals surface area contributed by atoms with Crippen LogP contribution in [-0.4, -0.2) is 67.9 Å². The highest BCUT2D eigenvalue weighted by atomic mass is 19.3. The van der Waals surface area contributed by atoms with Crippen LogP contribution in [0.2, 0.25) is 0 Å². The molecule has 6 rings (SSSR count). The predicted octanol–water partition coefficient (Wildman–Crippen LogP) is 6.42. The number of carbonyl (C=O) groups excluding carboxylic acids is 1. The lowest BCUT2D eigenvalue weighted by Gasteiger charge is -2.31. The minimum Gasteiger partial charge on any atom is -0.376 e. The topological polar surface area (TPSA) is 125 Å². The van der Waals surface area contributed by atoms with Crippen LogP contribution in [0.15, 0.2) is 49.1 Å². The summed E-state index contributed by atoms with van der Waals surface area (Å²) in [6.45, 7) is 9.66. The Morgan fingerprint density at radius 1 is 1.19 bits per heavy atom. The number of hydrogen-bond donors (Lipinski definition) is 1. The molecule has 0 bridgehead atoms. The highest BCUT2D eigenvalue weighted by molar-refractivity contribution is 6.10. The number of hydrogen-bond acceptors (Lipinski definition) is 9. The van der Waals surface area contributed by atoms with E-state index in [4.69, 9.17) is 15.0 Å². The average Bonchev–Trinajstić information content (AvgIpc) is 3.65. The summed E-state index contributed by atoms with van der Waals surface area (Å²) in [6.07, 6.45) is 5.99. The number of rotatable bonds is 10. The number of ether oxygens (including phenoxy) is 1. The molecule has 1 atom stereocenters. The number of pyridine rings is 2. The molecule has 48 heavy (non-hydrogen) atoms. The number of alkyl halides is 2. The van der Waals surface area contributed by atoms with E-state index in [1.54, 1.807) is 35.4 Å². The van der Waals surface area contributed by atoms with Gasteiger partial charge in [0, 0.05) is 82.6 Å². The third-order valence-corrected chi connectivity index (χ3v) is 8.25. The largest absolute Gasteiger partial charge is 0.376 e. The lowest BCUT2D eigenvalue weighted by Crippen LogP contribution is -2.40. The molecule has 2 aliphatic rings. The van der Waals surface area contributed by atoms with Gasteiger partial charge in [0.2, 0.25) is 0 Å². The van der Waals surface area contributed by atoms with Crippen LogP contribution in [0, 0.1) is 11.3 Å². The van der Waals surface area contributed by atoms with Crippen LogP contribution in [0.1, 0.15) is 69.0 Å². The maximum absolute atomic E-state index is 15.1. The molecule has 254 valence electrons. The van der Waals surface area contributed by atoms with Gasteiger partial charge >= 0.3 is 0 Å². The highest BCUT2D eigenvalue weighted by Crippen LogP contribution is 2.40. The van der Waals surface area contributed by atoms with E-state index in [1.807, 2.05) is 40.0 Å². The van der Waals surface area contributed by atoms with Crippen molar-refractivity contribution in [1.29, 1.82) is 5.26 Å². The Bertz CT molecular complexity index is 1800. The van der Waals surface area contributed by atoms with Crippen molar-refractivity contribution in [2.75, 3.05) is 36.5 Å². The number of anilines is 2. The third kappa shape index (κ3) is 7.50. The molecule has 1 aromatic carbocycles. The molecule has 3 aromatic heterocycles. The first kappa shape index (κ1) is 34.5. The Morgan fingerprint density at radius 3 is 2.71 bits per heavy atom. The molecule has 1 N–H and O–H groups in total. The van der Waals surface area contributed by atoms with Crippen molar-refractivity contribution >= 4 is 17.5 Å². The number of fused-ring (bicyclic) bond motifs is 1. The molecule has 2 aliphatic heterocycles. The molecule has 0 spiro atoms. The Labute approximate surface area is 281 Å². The standard InChI is InChI=1S/C33H35F2N9O2.C2H6.H2/c1-21-17-43(10-11-46-21)18-22-12-25-27(28(13-22)33(2,34)35)19-44(32(25)45)30-15-23(14-29(40-30)38-8-5-4-7-36)26-16-37-9-6-24(26)31-41-39-20-42(31)3;1-2;/h6,9,12-16,20-21H,4-5,8,10-11,17-19H2,1-3H3,(H,38,40);1-2H3;1H/t21-;;/m1../s1. The number of halogens is 2. The first-order valence-electron chi connectivity index (χ1n) is 16.2. The number of carbonyl (C=O) groups is 1. The van der Waals surface area contributed by atoms with E-state index in [1.165, 1.54) is 11.0 Å². The van der Waals surface area contributed by atoms with Crippen molar-refractivity contribution in [2.24, 2.45) is 7.05 Å². The van der Waals surface area contributed by atoms with E-state index < -0.39 is 11.8 Å². The monoisotopic (exact) mass is 659 g/mol. The summed E-state index contributed by atoms with van der Waals surface area (Å²) >= 11 is 0. The van der Waals surface area contributed by atoms with E-state index in [9.17, 15) is 4.79 Å². The predicted molar refractivity (Wildman–Crippen MR) is 181 cm³/mol. The van der Waals surface area contributed by atoms with Crippen LogP contribution >= 0.6 is 0 Å². The fourth-order valence-electron chi connectivity index (χ4n) is 6.06. The number of benzene rings is 1. The fourth-order valence-corrected chi connectivity index (χ4v) is 6.06. The summed E-state index contributed by atoms with van der Waals surface area (Å²) in [4.78, 5) is 26.7. The van der Waals surface area contributed by atoms with Crippen LogP contribution < -0.4 is 10.2 Å². The number of aromatic nitrogens is 5. The maximum atomic E-state index is 15.1. The molecule has 5 heterocycles. The Balaban J connectivity index is 0.00000177. The smallest absolute Gasteiger partial charge is 0.270 e. The summed E-state index contributed by atoms with van der Waals surface area (Å²) < 4.78 is 37.7. The van der Waals surface area contributed by atoms with Crippen molar-refractivity contribution in [2.45, 2.75) is 65.7 Å². The summed E-state index contributed by atoms with van der Waals surface area (Å²) in [7, 11) is 1.84. The minimum absolute atomic E-state index is 0. The van der Waals surface area contributed by atoms with Gasteiger partial charge in [-0.05, 0) is 60.4 Å². The van der Waals surface area contributed by atoms with Crippen molar-refractivity contribution in [1.82, 2.24) is 29.6 Å². The van der Waals surface area contributed by atoms with Crippen LogP contribution in [0.3, 0.4) is 0 Å². The minimum atomic E-state index is -3.15. The molecular weight excluding hydrogens is 616 g/mol. The second-order valence-corrected chi connectivity index (χ2v) is 11.8. The molecule has 13 heteroatoms. The second kappa shape index (κ2) is 15.0. The molecule has 0 saturated carbocycles. The van der Waals surface area contributed by atoms with Gasteiger partial charge in [-0.2, -0.15) is 5.26 Å². The molecule has 1 fully saturated rings. The van der Waals surface area contributed by atoms with Crippen molar-refractivity contribution < 1.29 is 19.7 Å². The van der Waals surface area contributed by atoms with E-state index in [2.05, 4.69) is 31.5 Å². The summed E-state index contributed by atoms with van der Waals surface area (Å²) in [5.74, 6) is -2.13. The molecule has 1 amide bonds. The first-order valence-corrected chi connectivity index (χ1v) is 16.2. The van der Waals surface area contributed by atoms with Gasteiger partial charge in [-0.3, -0.25) is 19.6 Å².